The summed E-state index contributed by atoms with van der Waals surface area (Å²) in [5.41, 5.74) is -0.383. The summed E-state index contributed by atoms with van der Waals surface area (Å²) in [6.45, 7) is -0.291. The van der Waals surface area contributed by atoms with Gasteiger partial charge in [-0.25, -0.2) is 0 Å². The van der Waals surface area contributed by atoms with Gasteiger partial charge in [0.1, 0.15) is 23.1 Å². The largest absolute Gasteiger partial charge is 0.497 e. The predicted octanol–water partition coefficient (Wildman–Crippen LogP) is 5.28. The van der Waals surface area contributed by atoms with E-state index in [-0.39, 0.29) is 17.9 Å². The summed E-state index contributed by atoms with van der Waals surface area (Å²) in [5, 5.41) is 14.3. The van der Waals surface area contributed by atoms with Crippen LogP contribution in [-0.4, -0.2) is 25.5 Å². The average Bonchev–Trinajstić information content (AvgIpc) is 2.86. The Hall–Kier alpha value is -4.78. The fourth-order valence-corrected chi connectivity index (χ4v) is 3.00. The molecule has 3 aromatic rings. The normalized spacial score (nSPS) is 11.2. The molecule has 0 aromatic heterocycles. The van der Waals surface area contributed by atoms with Crippen LogP contribution in [0.3, 0.4) is 0 Å². The van der Waals surface area contributed by atoms with Crippen molar-refractivity contribution in [1.29, 1.82) is 5.26 Å². The van der Waals surface area contributed by atoms with Crippen LogP contribution in [-0.2, 0) is 15.8 Å². The highest BCUT2D eigenvalue weighted by Crippen LogP contribution is 2.30. The first-order valence-electron chi connectivity index (χ1n) is 10.4. The van der Waals surface area contributed by atoms with Crippen molar-refractivity contribution >= 4 is 29.3 Å². The fraction of sp³-hybridized carbons (Fsp3) is 0.115. The molecule has 2 N–H and O–H groups in total. The van der Waals surface area contributed by atoms with Crippen molar-refractivity contribution in [3.05, 3.63) is 89.5 Å². The second-order valence-corrected chi connectivity index (χ2v) is 7.34. The van der Waals surface area contributed by atoms with E-state index in [1.165, 1.54) is 25.3 Å². The van der Waals surface area contributed by atoms with Crippen LogP contribution in [0.2, 0.25) is 0 Å². The van der Waals surface area contributed by atoms with Crippen LogP contribution in [0.4, 0.5) is 24.5 Å². The number of benzene rings is 3. The molecule has 0 aliphatic heterocycles. The lowest BCUT2D eigenvalue weighted by atomic mass is 10.1. The van der Waals surface area contributed by atoms with Crippen molar-refractivity contribution in [2.24, 2.45) is 0 Å². The van der Waals surface area contributed by atoms with E-state index in [0.29, 0.717) is 22.7 Å². The number of hydrogen-bond donors (Lipinski definition) is 2. The Morgan fingerprint density at radius 3 is 2.33 bits per heavy atom. The number of alkyl halides is 3. The number of rotatable bonds is 8. The van der Waals surface area contributed by atoms with Crippen LogP contribution >= 0.6 is 0 Å². The zero-order chi connectivity index (χ0) is 26.1. The quantitative estimate of drug-likeness (QED) is 0.327. The topological polar surface area (TPSA) is 100 Å². The molecule has 2 amide bonds. The zero-order valence-electron chi connectivity index (χ0n) is 18.9. The van der Waals surface area contributed by atoms with Crippen molar-refractivity contribution in [2.75, 3.05) is 24.4 Å². The number of carbonyl (C=O) groups excluding carboxylic acids is 2. The maximum Gasteiger partial charge on any atom is 0.416 e. The first-order chi connectivity index (χ1) is 17.2. The summed E-state index contributed by atoms with van der Waals surface area (Å²) in [7, 11) is 1.53. The summed E-state index contributed by atoms with van der Waals surface area (Å²) >= 11 is 0. The summed E-state index contributed by atoms with van der Waals surface area (Å²) in [5.74, 6) is -0.320. The number of ether oxygens (including phenoxy) is 2. The second-order valence-electron chi connectivity index (χ2n) is 7.34. The highest BCUT2D eigenvalue weighted by Gasteiger charge is 2.30. The SMILES string of the molecule is COc1ccc(NC(=O)COc2cccc(/C=C(\C#N)C(=O)Nc3cccc(C(F)(F)F)c3)c2)cc1. The highest BCUT2D eigenvalue weighted by atomic mass is 19.4. The molecule has 3 rings (SSSR count). The lowest BCUT2D eigenvalue weighted by Crippen LogP contribution is -2.20. The molecule has 0 bridgehead atoms. The number of methoxy groups -OCH3 is 1. The van der Waals surface area contributed by atoms with E-state index in [0.717, 1.165) is 18.2 Å². The summed E-state index contributed by atoms with van der Waals surface area (Å²) in [6.07, 6.45) is -3.31. The monoisotopic (exact) mass is 495 g/mol. The first kappa shape index (κ1) is 25.8. The Balaban J connectivity index is 1.63. The minimum Gasteiger partial charge on any atom is -0.497 e. The highest BCUT2D eigenvalue weighted by molar-refractivity contribution is 6.09. The van der Waals surface area contributed by atoms with Crippen molar-refractivity contribution in [3.8, 4) is 17.6 Å². The number of nitrogens with one attached hydrogen (secondary N) is 2. The van der Waals surface area contributed by atoms with E-state index in [9.17, 15) is 28.0 Å². The van der Waals surface area contributed by atoms with Crippen molar-refractivity contribution in [1.82, 2.24) is 0 Å². The van der Waals surface area contributed by atoms with Crippen molar-refractivity contribution < 1.29 is 32.2 Å². The van der Waals surface area contributed by atoms with Gasteiger partial charge in [-0.3, -0.25) is 9.59 Å². The minimum absolute atomic E-state index is 0.101. The van der Waals surface area contributed by atoms with Gasteiger partial charge in [-0.15, -0.1) is 0 Å². The molecule has 0 saturated carbocycles. The zero-order valence-corrected chi connectivity index (χ0v) is 18.9. The predicted molar refractivity (Wildman–Crippen MR) is 127 cm³/mol. The summed E-state index contributed by atoms with van der Waals surface area (Å²) in [4.78, 5) is 24.6. The van der Waals surface area contributed by atoms with Gasteiger partial charge in [-0.2, -0.15) is 18.4 Å². The van der Waals surface area contributed by atoms with E-state index in [2.05, 4.69) is 10.6 Å². The number of amides is 2. The van der Waals surface area contributed by atoms with Crippen LogP contribution < -0.4 is 20.1 Å². The van der Waals surface area contributed by atoms with Crippen LogP contribution in [0.5, 0.6) is 11.5 Å². The van der Waals surface area contributed by atoms with Gasteiger partial charge >= 0.3 is 6.18 Å². The van der Waals surface area contributed by atoms with Crippen LogP contribution in [0, 0.1) is 11.3 Å². The van der Waals surface area contributed by atoms with Crippen LogP contribution in [0.15, 0.2) is 78.4 Å². The molecule has 0 fully saturated rings. The Kier molecular flexibility index (Phi) is 8.30. The number of anilines is 2. The molecule has 0 spiro atoms. The van der Waals surface area contributed by atoms with Gasteiger partial charge in [0.15, 0.2) is 6.61 Å². The van der Waals surface area contributed by atoms with Gasteiger partial charge in [0.05, 0.1) is 12.7 Å². The lowest BCUT2D eigenvalue weighted by Gasteiger charge is -2.10. The van der Waals surface area contributed by atoms with Gasteiger partial charge in [0.25, 0.3) is 11.8 Å². The van der Waals surface area contributed by atoms with Crippen molar-refractivity contribution in [2.45, 2.75) is 6.18 Å². The molecular weight excluding hydrogens is 475 g/mol. The fourth-order valence-electron chi connectivity index (χ4n) is 3.00. The minimum atomic E-state index is -4.57. The Bertz CT molecular complexity index is 1310. The van der Waals surface area contributed by atoms with E-state index < -0.39 is 23.6 Å². The molecule has 0 heterocycles. The van der Waals surface area contributed by atoms with Gasteiger partial charge in [-0.1, -0.05) is 18.2 Å². The van der Waals surface area contributed by atoms with Gasteiger partial charge in [0.2, 0.25) is 0 Å². The second kappa shape index (κ2) is 11.6. The van der Waals surface area contributed by atoms with E-state index in [1.54, 1.807) is 48.5 Å². The number of hydrogen-bond acceptors (Lipinski definition) is 5. The lowest BCUT2D eigenvalue weighted by molar-refractivity contribution is -0.137. The molecule has 10 heteroatoms. The van der Waals surface area contributed by atoms with Crippen molar-refractivity contribution in [3.63, 3.8) is 0 Å². The van der Waals surface area contributed by atoms with Gasteiger partial charge < -0.3 is 20.1 Å². The summed E-state index contributed by atoms with van der Waals surface area (Å²) in [6, 6.07) is 18.9. The molecular formula is C26H20F3N3O4. The molecule has 3 aromatic carbocycles. The molecule has 0 aliphatic carbocycles. The van der Waals surface area contributed by atoms with E-state index in [1.807, 2.05) is 0 Å². The molecule has 0 saturated heterocycles. The number of halogens is 3. The van der Waals surface area contributed by atoms with Gasteiger partial charge in [0, 0.05) is 11.4 Å². The average molecular weight is 495 g/mol. The Labute approximate surface area is 204 Å². The molecule has 184 valence electrons. The Morgan fingerprint density at radius 1 is 0.944 bits per heavy atom. The van der Waals surface area contributed by atoms with E-state index in [4.69, 9.17) is 9.47 Å². The molecule has 0 atom stereocenters. The number of nitriles is 1. The molecule has 0 aliphatic rings. The molecule has 0 unspecified atom stereocenters. The maximum atomic E-state index is 12.9. The van der Waals surface area contributed by atoms with Crippen LogP contribution in [0.1, 0.15) is 11.1 Å². The smallest absolute Gasteiger partial charge is 0.416 e. The third-order valence-corrected chi connectivity index (χ3v) is 4.73. The summed E-state index contributed by atoms with van der Waals surface area (Å²) < 4.78 is 49.2. The third kappa shape index (κ3) is 7.36. The van der Waals surface area contributed by atoms with Crippen LogP contribution in [0.25, 0.3) is 6.08 Å². The maximum absolute atomic E-state index is 12.9. The molecule has 0 radical (unpaired) electrons. The number of carbonyl (C=O) groups is 2. The third-order valence-electron chi connectivity index (χ3n) is 4.73. The number of nitrogens with zero attached hydrogens (tertiary/aromatic N) is 1. The van der Waals surface area contributed by atoms with Gasteiger partial charge in [-0.05, 0) is 66.2 Å². The molecule has 7 nitrogen and oxygen atoms in total. The first-order valence-corrected chi connectivity index (χ1v) is 10.4. The van der Waals surface area contributed by atoms with E-state index >= 15 is 0 Å². The Morgan fingerprint density at radius 2 is 1.67 bits per heavy atom. The molecule has 36 heavy (non-hydrogen) atoms. The standard InChI is InChI=1S/C26H20F3N3O4/c1-35-22-10-8-20(9-11-22)31-24(33)16-36-23-7-2-4-17(13-23)12-18(15-30)25(34)32-21-6-3-5-19(14-21)26(27,28)29/h2-14H,16H2,1H3,(H,31,33)(H,32,34)/b18-12+.